The van der Waals surface area contributed by atoms with Gasteiger partial charge in [-0.2, -0.15) is 0 Å². The second-order valence-electron chi connectivity index (χ2n) is 6.81. The summed E-state index contributed by atoms with van der Waals surface area (Å²) in [5.74, 6) is -0.354. The second-order valence-corrected chi connectivity index (χ2v) is 7.84. The summed E-state index contributed by atoms with van der Waals surface area (Å²) < 4.78 is 2.43. The number of carbonyl (C=O) groups excluding carboxylic acids is 1. The van der Waals surface area contributed by atoms with Gasteiger partial charge in [0.2, 0.25) is 5.91 Å². The topological polar surface area (TPSA) is 86.0 Å². The molecule has 8 heteroatoms. The smallest absolute Gasteiger partial charge is 0.325 e. The largest absolute Gasteiger partial charge is 0.332 e. The zero-order valence-electron chi connectivity index (χ0n) is 16.4. The van der Waals surface area contributed by atoms with Gasteiger partial charge in [-0.25, -0.2) is 9.78 Å². The molecule has 0 saturated heterocycles. The Balaban J connectivity index is 1.71. The standard InChI is InChI=1S/C22H20N4O3S/c1-2-15-7-9-16(10-8-15)24-19(27)14-25-18-6-3-11-23-20(18)21(28)26(22(25)29)13-17-5-4-12-30-17/h3-12H,2,13-14H2,1H3,(H,24,27). The van der Waals surface area contributed by atoms with E-state index in [0.717, 1.165) is 15.9 Å². The van der Waals surface area contributed by atoms with Crippen molar-refractivity contribution in [3.63, 3.8) is 0 Å². The number of fused-ring (bicyclic) bond motifs is 1. The first-order valence-electron chi connectivity index (χ1n) is 9.56. The summed E-state index contributed by atoms with van der Waals surface area (Å²) in [4.78, 5) is 43.7. The minimum Gasteiger partial charge on any atom is -0.325 e. The Bertz CT molecular complexity index is 1310. The number of carbonyl (C=O) groups is 1. The van der Waals surface area contributed by atoms with Gasteiger partial charge in [0, 0.05) is 16.8 Å². The highest BCUT2D eigenvalue weighted by molar-refractivity contribution is 7.09. The molecule has 0 spiro atoms. The van der Waals surface area contributed by atoms with Gasteiger partial charge < -0.3 is 5.32 Å². The summed E-state index contributed by atoms with van der Waals surface area (Å²) in [6.45, 7) is 1.98. The predicted molar refractivity (Wildman–Crippen MR) is 118 cm³/mol. The monoisotopic (exact) mass is 420 g/mol. The molecular formula is C22H20N4O3S. The number of pyridine rings is 1. The summed E-state index contributed by atoms with van der Waals surface area (Å²) in [5.41, 5.74) is 1.32. The second kappa shape index (κ2) is 8.46. The van der Waals surface area contributed by atoms with Gasteiger partial charge in [0.1, 0.15) is 6.54 Å². The van der Waals surface area contributed by atoms with Crippen LogP contribution in [0.5, 0.6) is 0 Å². The highest BCUT2D eigenvalue weighted by Crippen LogP contribution is 2.12. The van der Waals surface area contributed by atoms with Crippen molar-refractivity contribution in [1.29, 1.82) is 0 Å². The molecule has 0 unspecified atom stereocenters. The molecule has 3 heterocycles. The Morgan fingerprint density at radius 1 is 1.07 bits per heavy atom. The molecule has 0 radical (unpaired) electrons. The lowest BCUT2D eigenvalue weighted by molar-refractivity contribution is -0.116. The number of aromatic nitrogens is 3. The third-order valence-electron chi connectivity index (χ3n) is 4.83. The molecule has 0 bridgehead atoms. The number of aryl methyl sites for hydroxylation is 1. The highest BCUT2D eigenvalue weighted by Gasteiger charge is 2.16. The van der Waals surface area contributed by atoms with E-state index in [0.29, 0.717) is 11.2 Å². The zero-order chi connectivity index (χ0) is 21.1. The van der Waals surface area contributed by atoms with Crippen molar-refractivity contribution in [1.82, 2.24) is 14.1 Å². The van der Waals surface area contributed by atoms with Crippen LogP contribution in [0.2, 0.25) is 0 Å². The Hall–Kier alpha value is -3.52. The Morgan fingerprint density at radius 3 is 2.57 bits per heavy atom. The van der Waals surface area contributed by atoms with Crippen LogP contribution < -0.4 is 16.6 Å². The molecule has 7 nitrogen and oxygen atoms in total. The first-order chi connectivity index (χ1) is 14.6. The maximum absolute atomic E-state index is 13.1. The molecule has 0 fully saturated rings. The number of nitrogens with one attached hydrogen (secondary N) is 1. The molecule has 1 N–H and O–H groups in total. The van der Waals surface area contributed by atoms with Crippen molar-refractivity contribution >= 4 is 34.0 Å². The van der Waals surface area contributed by atoms with Crippen LogP contribution in [0.1, 0.15) is 17.4 Å². The van der Waals surface area contributed by atoms with Crippen molar-refractivity contribution in [2.75, 3.05) is 5.32 Å². The first kappa shape index (κ1) is 19.8. The van der Waals surface area contributed by atoms with Crippen LogP contribution in [0, 0.1) is 0 Å². The third kappa shape index (κ3) is 3.95. The molecule has 4 rings (SSSR count). The zero-order valence-corrected chi connectivity index (χ0v) is 17.2. The minimum absolute atomic E-state index is 0.141. The molecule has 4 aromatic rings. The van der Waals surface area contributed by atoms with Crippen LogP contribution in [0.15, 0.2) is 69.7 Å². The summed E-state index contributed by atoms with van der Waals surface area (Å²) >= 11 is 1.46. The van der Waals surface area contributed by atoms with Gasteiger partial charge in [-0.3, -0.25) is 18.7 Å². The van der Waals surface area contributed by atoms with Gasteiger partial charge in [0.25, 0.3) is 5.56 Å². The number of thiophene rings is 1. The molecule has 0 saturated carbocycles. The molecule has 3 aromatic heterocycles. The fourth-order valence-corrected chi connectivity index (χ4v) is 3.95. The van der Waals surface area contributed by atoms with Crippen molar-refractivity contribution in [3.8, 4) is 0 Å². The van der Waals surface area contributed by atoms with E-state index in [4.69, 9.17) is 0 Å². The van der Waals surface area contributed by atoms with Gasteiger partial charge in [-0.15, -0.1) is 11.3 Å². The molecule has 152 valence electrons. The number of hydrogen-bond donors (Lipinski definition) is 1. The summed E-state index contributed by atoms with van der Waals surface area (Å²) in [6.07, 6.45) is 2.41. The van der Waals surface area contributed by atoms with Crippen molar-refractivity contribution in [2.45, 2.75) is 26.4 Å². The molecule has 1 aromatic carbocycles. The van der Waals surface area contributed by atoms with E-state index in [-0.39, 0.29) is 24.5 Å². The lowest BCUT2D eigenvalue weighted by Gasteiger charge is -2.13. The van der Waals surface area contributed by atoms with Gasteiger partial charge in [0.05, 0.1) is 12.1 Å². The van der Waals surface area contributed by atoms with E-state index in [1.807, 2.05) is 41.8 Å². The Labute approximate surface area is 176 Å². The predicted octanol–water partition coefficient (Wildman–Crippen LogP) is 2.87. The number of benzene rings is 1. The van der Waals surface area contributed by atoms with Crippen LogP contribution in [0.25, 0.3) is 11.0 Å². The van der Waals surface area contributed by atoms with Crippen LogP contribution in [-0.2, 0) is 24.3 Å². The van der Waals surface area contributed by atoms with Gasteiger partial charge >= 0.3 is 5.69 Å². The number of hydrogen-bond acceptors (Lipinski definition) is 5. The van der Waals surface area contributed by atoms with E-state index in [1.54, 1.807) is 12.1 Å². The minimum atomic E-state index is -0.537. The highest BCUT2D eigenvalue weighted by atomic mass is 32.1. The molecule has 30 heavy (non-hydrogen) atoms. The van der Waals surface area contributed by atoms with Crippen LogP contribution in [0.3, 0.4) is 0 Å². The van der Waals surface area contributed by atoms with E-state index in [2.05, 4.69) is 17.2 Å². The fraction of sp³-hybridized carbons (Fsp3) is 0.182. The van der Waals surface area contributed by atoms with Crippen LogP contribution >= 0.6 is 11.3 Å². The summed E-state index contributed by atoms with van der Waals surface area (Å²) in [6, 6.07) is 14.5. The molecule has 1 amide bonds. The summed E-state index contributed by atoms with van der Waals surface area (Å²) in [7, 11) is 0. The maximum atomic E-state index is 13.1. The average Bonchev–Trinajstić information content (AvgIpc) is 3.28. The van der Waals surface area contributed by atoms with E-state index >= 15 is 0 Å². The number of rotatable bonds is 6. The third-order valence-corrected chi connectivity index (χ3v) is 5.69. The summed E-state index contributed by atoms with van der Waals surface area (Å²) in [5, 5.41) is 4.69. The van der Waals surface area contributed by atoms with E-state index in [1.165, 1.54) is 27.7 Å². The molecule has 0 aliphatic rings. The van der Waals surface area contributed by atoms with Crippen LogP contribution in [0.4, 0.5) is 5.69 Å². The lowest BCUT2D eigenvalue weighted by atomic mass is 10.1. The quantitative estimate of drug-likeness (QED) is 0.520. The lowest BCUT2D eigenvalue weighted by Crippen LogP contribution is -2.42. The van der Waals surface area contributed by atoms with Crippen molar-refractivity contribution in [3.05, 3.63) is 91.4 Å². The van der Waals surface area contributed by atoms with Crippen LogP contribution in [-0.4, -0.2) is 20.0 Å². The van der Waals surface area contributed by atoms with E-state index < -0.39 is 11.2 Å². The first-order valence-corrected chi connectivity index (χ1v) is 10.4. The van der Waals surface area contributed by atoms with Crippen molar-refractivity contribution < 1.29 is 4.79 Å². The number of amides is 1. The maximum Gasteiger partial charge on any atom is 0.332 e. The fourth-order valence-electron chi connectivity index (χ4n) is 3.26. The Morgan fingerprint density at radius 2 is 1.87 bits per heavy atom. The SMILES string of the molecule is CCc1ccc(NC(=O)Cn2c(=O)n(Cc3cccs3)c(=O)c3ncccc32)cc1. The Kier molecular flexibility index (Phi) is 5.58. The number of anilines is 1. The van der Waals surface area contributed by atoms with Gasteiger partial charge in [-0.1, -0.05) is 25.1 Å². The molecular weight excluding hydrogens is 400 g/mol. The van der Waals surface area contributed by atoms with E-state index in [9.17, 15) is 14.4 Å². The normalized spacial score (nSPS) is 11.0. The molecule has 0 aliphatic carbocycles. The van der Waals surface area contributed by atoms with Gasteiger partial charge in [0.15, 0.2) is 5.52 Å². The number of nitrogens with zero attached hydrogens (tertiary/aromatic N) is 3. The molecule has 0 atom stereocenters. The molecule has 0 aliphatic heterocycles. The van der Waals surface area contributed by atoms with Gasteiger partial charge in [-0.05, 0) is 47.7 Å². The van der Waals surface area contributed by atoms with Crippen molar-refractivity contribution in [2.24, 2.45) is 0 Å². The average molecular weight is 420 g/mol.